The van der Waals surface area contributed by atoms with Gasteiger partial charge in [-0.15, -0.1) is 16.4 Å². The lowest BCUT2D eigenvalue weighted by molar-refractivity contribution is 0.219. The predicted molar refractivity (Wildman–Crippen MR) is 124 cm³/mol. The highest BCUT2D eigenvalue weighted by atomic mass is 32.1. The lowest BCUT2D eigenvalue weighted by atomic mass is 10.2. The van der Waals surface area contributed by atoms with Crippen molar-refractivity contribution in [1.82, 2.24) is 19.2 Å². The van der Waals surface area contributed by atoms with Gasteiger partial charge in [0.2, 0.25) is 0 Å². The molecule has 2 aromatic heterocycles. The Kier molecular flexibility index (Phi) is 5.62. The van der Waals surface area contributed by atoms with Crippen LogP contribution in [-0.2, 0) is 6.67 Å². The summed E-state index contributed by atoms with van der Waals surface area (Å²) in [5.74, 6) is 1.93. The van der Waals surface area contributed by atoms with E-state index in [0.29, 0.717) is 6.04 Å². The monoisotopic (exact) mass is 441 g/mol. The standard InChI is InChI=1S/C22H27N5OS2/c1-28-19-9-7-17(8-10-19)25-12-3-11-24(13-14-25)16-26-22(29)27(18-5-6-18)21(23-26)20-4-2-15-30-20/h2,4,7-10,15,18H,3,5-6,11-14,16H2,1H3. The number of rotatable bonds is 6. The highest BCUT2D eigenvalue weighted by Crippen LogP contribution is 2.39. The molecular weight excluding hydrogens is 414 g/mol. The van der Waals surface area contributed by atoms with E-state index < -0.39 is 0 Å². The van der Waals surface area contributed by atoms with E-state index in [-0.39, 0.29) is 0 Å². The third-order valence-electron chi connectivity index (χ3n) is 5.88. The number of anilines is 1. The fourth-order valence-electron chi connectivity index (χ4n) is 4.10. The summed E-state index contributed by atoms with van der Waals surface area (Å²) in [4.78, 5) is 6.13. The third kappa shape index (κ3) is 4.04. The quantitative estimate of drug-likeness (QED) is 0.521. The van der Waals surface area contributed by atoms with Gasteiger partial charge in [0.25, 0.3) is 0 Å². The van der Waals surface area contributed by atoms with Crippen molar-refractivity contribution in [2.75, 3.05) is 38.2 Å². The second kappa shape index (κ2) is 8.53. The Hall–Kier alpha value is -2.16. The molecule has 1 aliphatic heterocycles. The van der Waals surface area contributed by atoms with Crippen LogP contribution in [0.2, 0.25) is 0 Å². The molecule has 1 saturated carbocycles. The molecule has 1 aliphatic carbocycles. The van der Waals surface area contributed by atoms with Crippen LogP contribution in [0.3, 0.4) is 0 Å². The van der Waals surface area contributed by atoms with Crippen LogP contribution in [0.25, 0.3) is 10.7 Å². The van der Waals surface area contributed by atoms with E-state index >= 15 is 0 Å². The van der Waals surface area contributed by atoms with Crippen LogP contribution in [0.15, 0.2) is 41.8 Å². The molecule has 0 N–H and O–H groups in total. The van der Waals surface area contributed by atoms with Crippen molar-refractivity contribution < 1.29 is 4.74 Å². The molecule has 0 bridgehead atoms. The first-order chi connectivity index (χ1) is 14.7. The molecule has 2 aliphatic rings. The third-order valence-corrected chi connectivity index (χ3v) is 7.16. The average Bonchev–Trinajstić information content (AvgIpc) is 3.43. The largest absolute Gasteiger partial charge is 0.497 e. The van der Waals surface area contributed by atoms with E-state index in [9.17, 15) is 0 Å². The molecule has 6 nitrogen and oxygen atoms in total. The lowest BCUT2D eigenvalue weighted by Crippen LogP contribution is -2.32. The fraction of sp³-hybridized carbons (Fsp3) is 0.455. The molecule has 0 amide bonds. The van der Waals surface area contributed by atoms with Gasteiger partial charge in [-0.25, -0.2) is 4.68 Å². The van der Waals surface area contributed by atoms with Crippen molar-refractivity contribution in [3.8, 4) is 16.5 Å². The van der Waals surface area contributed by atoms with Crippen LogP contribution in [0.5, 0.6) is 5.75 Å². The van der Waals surface area contributed by atoms with Gasteiger partial charge >= 0.3 is 0 Å². The zero-order chi connectivity index (χ0) is 20.5. The molecule has 5 rings (SSSR count). The first kappa shape index (κ1) is 19.8. The Morgan fingerprint density at radius 3 is 2.63 bits per heavy atom. The molecule has 0 atom stereocenters. The Bertz CT molecular complexity index is 1040. The van der Waals surface area contributed by atoms with Crippen molar-refractivity contribution in [1.29, 1.82) is 0 Å². The molecule has 158 valence electrons. The number of aromatic nitrogens is 3. The van der Waals surface area contributed by atoms with Gasteiger partial charge < -0.3 is 9.64 Å². The number of nitrogens with zero attached hydrogens (tertiary/aromatic N) is 5. The number of hydrogen-bond acceptors (Lipinski definition) is 6. The minimum Gasteiger partial charge on any atom is -0.497 e. The van der Waals surface area contributed by atoms with Crippen LogP contribution >= 0.6 is 23.6 Å². The van der Waals surface area contributed by atoms with Gasteiger partial charge in [0.15, 0.2) is 10.6 Å². The summed E-state index contributed by atoms with van der Waals surface area (Å²) in [5.41, 5.74) is 1.26. The summed E-state index contributed by atoms with van der Waals surface area (Å²) in [5, 5.41) is 7.06. The molecular formula is C22H27N5OS2. The maximum atomic E-state index is 5.85. The SMILES string of the molecule is COc1ccc(N2CCCN(Cn3nc(-c4cccs4)n(C4CC4)c3=S)CC2)cc1. The summed E-state index contributed by atoms with van der Waals surface area (Å²) < 4.78 is 10.5. The molecule has 0 spiro atoms. The van der Waals surface area contributed by atoms with Gasteiger partial charge in [0, 0.05) is 37.9 Å². The van der Waals surface area contributed by atoms with E-state index in [2.05, 4.69) is 44.0 Å². The summed E-state index contributed by atoms with van der Waals surface area (Å²) >= 11 is 7.58. The molecule has 1 aromatic carbocycles. The van der Waals surface area contributed by atoms with Gasteiger partial charge in [-0.3, -0.25) is 9.47 Å². The van der Waals surface area contributed by atoms with E-state index in [4.69, 9.17) is 22.1 Å². The molecule has 8 heteroatoms. The Labute approximate surface area is 186 Å². The molecule has 2 fully saturated rings. The van der Waals surface area contributed by atoms with Gasteiger partial charge in [-0.2, -0.15) is 0 Å². The molecule has 1 saturated heterocycles. The number of benzene rings is 1. The number of methoxy groups -OCH3 is 1. The topological polar surface area (TPSA) is 38.5 Å². The Balaban J connectivity index is 1.30. The maximum absolute atomic E-state index is 5.85. The van der Waals surface area contributed by atoms with Crippen LogP contribution < -0.4 is 9.64 Å². The zero-order valence-corrected chi connectivity index (χ0v) is 18.9. The Morgan fingerprint density at radius 1 is 1.10 bits per heavy atom. The summed E-state index contributed by atoms with van der Waals surface area (Å²) in [6.45, 7) is 4.87. The molecule has 3 heterocycles. The van der Waals surface area contributed by atoms with E-state index in [0.717, 1.165) is 55.6 Å². The summed E-state index contributed by atoms with van der Waals surface area (Å²) in [6.07, 6.45) is 3.54. The average molecular weight is 442 g/mol. The smallest absolute Gasteiger partial charge is 0.199 e. The number of thiophene rings is 1. The number of hydrogen-bond donors (Lipinski definition) is 0. The van der Waals surface area contributed by atoms with Crippen LogP contribution in [-0.4, -0.2) is 52.5 Å². The maximum Gasteiger partial charge on any atom is 0.199 e. The minimum atomic E-state index is 0.526. The Morgan fingerprint density at radius 2 is 1.93 bits per heavy atom. The fourth-order valence-corrected chi connectivity index (χ4v) is 5.14. The van der Waals surface area contributed by atoms with Crippen molar-refractivity contribution in [3.05, 3.63) is 46.5 Å². The summed E-state index contributed by atoms with van der Waals surface area (Å²) in [6, 6.07) is 13.1. The second-order valence-electron chi connectivity index (χ2n) is 7.98. The van der Waals surface area contributed by atoms with Crippen molar-refractivity contribution >= 4 is 29.2 Å². The lowest BCUT2D eigenvalue weighted by Gasteiger charge is -2.23. The van der Waals surface area contributed by atoms with Gasteiger partial charge in [-0.1, -0.05) is 6.07 Å². The van der Waals surface area contributed by atoms with Crippen LogP contribution in [0, 0.1) is 4.77 Å². The first-order valence-electron chi connectivity index (χ1n) is 10.6. The highest BCUT2D eigenvalue weighted by Gasteiger charge is 2.29. The van der Waals surface area contributed by atoms with Crippen molar-refractivity contribution in [2.24, 2.45) is 0 Å². The van der Waals surface area contributed by atoms with Crippen molar-refractivity contribution in [2.45, 2.75) is 32.0 Å². The van der Waals surface area contributed by atoms with Crippen LogP contribution in [0.1, 0.15) is 25.3 Å². The van der Waals surface area contributed by atoms with Crippen LogP contribution in [0.4, 0.5) is 5.69 Å². The van der Waals surface area contributed by atoms with Gasteiger partial charge in [-0.05, 0) is 67.2 Å². The first-order valence-corrected chi connectivity index (χ1v) is 11.9. The van der Waals surface area contributed by atoms with E-state index in [1.165, 1.54) is 23.4 Å². The highest BCUT2D eigenvalue weighted by molar-refractivity contribution is 7.71. The second-order valence-corrected chi connectivity index (χ2v) is 9.30. The zero-order valence-electron chi connectivity index (χ0n) is 17.2. The van der Waals surface area contributed by atoms with E-state index in [1.54, 1.807) is 18.4 Å². The van der Waals surface area contributed by atoms with E-state index in [1.807, 2.05) is 16.8 Å². The molecule has 30 heavy (non-hydrogen) atoms. The van der Waals surface area contributed by atoms with Gasteiger partial charge in [0.1, 0.15) is 5.75 Å². The molecule has 0 radical (unpaired) electrons. The minimum absolute atomic E-state index is 0.526. The predicted octanol–water partition coefficient (Wildman–Crippen LogP) is 4.66. The number of ether oxygens (including phenoxy) is 1. The molecule has 0 unspecified atom stereocenters. The normalized spacial score (nSPS) is 17.8. The van der Waals surface area contributed by atoms with Crippen molar-refractivity contribution in [3.63, 3.8) is 0 Å². The molecule has 3 aromatic rings. The summed E-state index contributed by atoms with van der Waals surface area (Å²) in [7, 11) is 1.71. The van der Waals surface area contributed by atoms with Gasteiger partial charge in [0.05, 0.1) is 18.7 Å².